The van der Waals surface area contributed by atoms with E-state index in [0.29, 0.717) is 12.6 Å². The van der Waals surface area contributed by atoms with Gasteiger partial charge in [-0.15, -0.1) is 11.3 Å². The number of nitrogens with one attached hydrogen (secondary N) is 1. The van der Waals surface area contributed by atoms with Crippen molar-refractivity contribution < 1.29 is 5.11 Å². The monoisotopic (exact) mass is 379 g/mol. The van der Waals surface area contributed by atoms with E-state index in [4.69, 9.17) is 5.11 Å². The molecule has 1 aliphatic rings. The van der Waals surface area contributed by atoms with Crippen LogP contribution in [-0.2, 0) is 6.42 Å². The van der Waals surface area contributed by atoms with Crippen LogP contribution >= 0.6 is 33.9 Å². The molecule has 1 aromatic rings. The Hall–Kier alpha value is 0.350. The lowest BCUT2D eigenvalue weighted by molar-refractivity contribution is 0.282. The average molecular weight is 379 g/mol. The number of hydrogen-bond donors (Lipinski definition) is 2. The van der Waals surface area contributed by atoms with Gasteiger partial charge >= 0.3 is 0 Å². The minimum absolute atomic E-state index is 0.340. The quantitative estimate of drug-likeness (QED) is 0.557. The van der Waals surface area contributed by atoms with Crippen LogP contribution in [-0.4, -0.2) is 18.3 Å². The summed E-state index contributed by atoms with van der Waals surface area (Å²) in [5.74, 6) is 0. The zero-order chi connectivity index (χ0) is 12.8. The van der Waals surface area contributed by atoms with Crippen molar-refractivity contribution in [1.29, 1.82) is 0 Å². The van der Waals surface area contributed by atoms with Gasteiger partial charge in [0, 0.05) is 17.5 Å². The van der Waals surface area contributed by atoms with Crippen LogP contribution in [0.15, 0.2) is 6.07 Å². The molecule has 4 heteroatoms. The van der Waals surface area contributed by atoms with Gasteiger partial charge in [0.2, 0.25) is 0 Å². The zero-order valence-corrected chi connectivity index (χ0v) is 13.7. The summed E-state index contributed by atoms with van der Waals surface area (Å²) in [6, 6.07) is 2.95. The Morgan fingerprint density at radius 2 is 2.17 bits per heavy atom. The highest BCUT2D eigenvalue weighted by atomic mass is 127. The smallest absolute Gasteiger partial charge is 0.0659 e. The highest BCUT2D eigenvalue weighted by Gasteiger charge is 2.21. The maximum atomic E-state index is 8.72. The standard InChI is InChI=1S/C14H22INOS/c15-14-10-11-12(6-5-7-13(11)18-14)16-8-3-1-2-4-9-17/h10,12,16-17H,1-9H2. The summed E-state index contributed by atoms with van der Waals surface area (Å²) in [5.41, 5.74) is 1.56. The summed E-state index contributed by atoms with van der Waals surface area (Å²) in [6.45, 7) is 1.45. The van der Waals surface area contributed by atoms with Crippen molar-refractivity contribution in [3.63, 3.8) is 0 Å². The van der Waals surface area contributed by atoms with E-state index in [9.17, 15) is 0 Å². The lowest BCUT2D eigenvalue weighted by Gasteiger charge is -2.23. The number of aryl methyl sites for hydroxylation is 1. The maximum Gasteiger partial charge on any atom is 0.0659 e. The molecule has 1 atom stereocenters. The third-order valence-corrected chi connectivity index (χ3v) is 5.53. The first-order valence-electron chi connectivity index (χ1n) is 6.93. The van der Waals surface area contributed by atoms with Gasteiger partial charge in [0.05, 0.1) is 2.88 Å². The van der Waals surface area contributed by atoms with Crippen LogP contribution in [0.4, 0.5) is 0 Å². The van der Waals surface area contributed by atoms with E-state index in [1.54, 1.807) is 10.4 Å². The van der Waals surface area contributed by atoms with Crippen LogP contribution in [0, 0.1) is 2.88 Å². The van der Waals surface area contributed by atoms with E-state index in [1.807, 2.05) is 11.3 Å². The molecule has 2 N–H and O–H groups in total. The number of halogens is 1. The van der Waals surface area contributed by atoms with Gasteiger partial charge in [0.15, 0.2) is 0 Å². The third-order valence-electron chi connectivity index (χ3n) is 3.56. The van der Waals surface area contributed by atoms with Crippen molar-refractivity contribution in [2.75, 3.05) is 13.2 Å². The average Bonchev–Trinajstić information content (AvgIpc) is 2.74. The molecule has 0 aromatic carbocycles. The number of rotatable bonds is 7. The molecular weight excluding hydrogens is 357 g/mol. The van der Waals surface area contributed by atoms with Crippen LogP contribution < -0.4 is 5.32 Å². The maximum absolute atomic E-state index is 8.72. The Bertz CT molecular complexity index is 367. The van der Waals surface area contributed by atoms with E-state index < -0.39 is 0 Å². The molecule has 1 unspecified atom stereocenters. The number of aliphatic hydroxyl groups is 1. The van der Waals surface area contributed by atoms with Gasteiger partial charge in [0.1, 0.15) is 0 Å². The minimum Gasteiger partial charge on any atom is -0.396 e. The second kappa shape index (κ2) is 7.82. The fourth-order valence-electron chi connectivity index (χ4n) is 2.60. The molecule has 1 aliphatic carbocycles. The largest absolute Gasteiger partial charge is 0.396 e. The van der Waals surface area contributed by atoms with E-state index in [-0.39, 0.29) is 0 Å². The Balaban J connectivity index is 1.74. The molecule has 0 fully saturated rings. The summed E-state index contributed by atoms with van der Waals surface area (Å²) in [7, 11) is 0. The molecule has 0 saturated carbocycles. The van der Waals surface area contributed by atoms with E-state index >= 15 is 0 Å². The minimum atomic E-state index is 0.340. The lowest BCUT2D eigenvalue weighted by atomic mass is 9.94. The van der Waals surface area contributed by atoms with Gasteiger partial charge in [-0.1, -0.05) is 12.8 Å². The molecule has 0 bridgehead atoms. The Morgan fingerprint density at radius 1 is 1.33 bits per heavy atom. The van der Waals surface area contributed by atoms with Gasteiger partial charge in [-0.25, -0.2) is 0 Å². The van der Waals surface area contributed by atoms with E-state index in [0.717, 1.165) is 19.4 Å². The van der Waals surface area contributed by atoms with Crippen molar-refractivity contribution in [2.45, 2.75) is 51.0 Å². The molecule has 0 aliphatic heterocycles. The topological polar surface area (TPSA) is 32.3 Å². The number of aliphatic hydroxyl groups excluding tert-OH is 1. The highest BCUT2D eigenvalue weighted by molar-refractivity contribution is 14.1. The fourth-order valence-corrected chi connectivity index (χ4v) is 4.72. The fraction of sp³-hybridized carbons (Fsp3) is 0.714. The molecule has 0 spiro atoms. The van der Waals surface area contributed by atoms with Crippen LogP contribution in [0.3, 0.4) is 0 Å². The number of thiophene rings is 1. The van der Waals surface area contributed by atoms with E-state index in [1.165, 1.54) is 35.0 Å². The number of fused-ring (bicyclic) bond motifs is 1. The Morgan fingerprint density at radius 3 is 3.00 bits per heavy atom. The molecule has 2 rings (SSSR count). The Labute approximate surface area is 127 Å². The van der Waals surface area contributed by atoms with Gasteiger partial charge in [-0.05, 0) is 72.9 Å². The van der Waals surface area contributed by atoms with Crippen LogP contribution in [0.5, 0.6) is 0 Å². The number of unbranched alkanes of at least 4 members (excludes halogenated alkanes) is 3. The van der Waals surface area contributed by atoms with Crippen molar-refractivity contribution in [2.24, 2.45) is 0 Å². The molecule has 2 nitrogen and oxygen atoms in total. The van der Waals surface area contributed by atoms with Crippen molar-refractivity contribution >= 4 is 33.9 Å². The lowest BCUT2D eigenvalue weighted by Crippen LogP contribution is -2.25. The van der Waals surface area contributed by atoms with Crippen molar-refractivity contribution in [1.82, 2.24) is 5.32 Å². The Kier molecular flexibility index (Phi) is 6.41. The highest BCUT2D eigenvalue weighted by Crippen LogP contribution is 2.36. The first-order valence-corrected chi connectivity index (χ1v) is 8.83. The molecule has 1 heterocycles. The molecule has 1 aromatic heterocycles. The predicted octanol–water partition coefficient (Wildman–Crippen LogP) is 3.87. The summed E-state index contributed by atoms with van der Waals surface area (Å²) in [4.78, 5) is 1.60. The van der Waals surface area contributed by atoms with Crippen LogP contribution in [0.2, 0.25) is 0 Å². The van der Waals surface area contributed by atoms with Gasteiger partial charge in [0.25, 0.3) is 0 Å². The SMILES string of the molecule is OCCCCCCNC1CCCc2sc(I)cc21. The first-order chi connectivity index (χ1) is 8.81. The summed E-state index contributed by atoms with van der Waals surface area (Å²) in [5, 5.41) is 12.4. The van der Waals surface area contributed by atoms with E-state index in [2.05, 4.69) is 34.0 Å². The second-order valence-electron chi connectivity index (χ2n) is 4.97. The van der Waals surface area contributed by atoms with Crippen LogP contribution in [0.1, 0.15) is 55.0 Å². The molecule has 18 heavy (non-hydrogen) atoms. The van der Waals surface area contributed by atoms with Crippen LogP contribution in [0.25, 0.3) is 0 Å². The van der Waals surface area contributed by atoms with Crippen molar-refractivity contribution in [3.8, 4) is 0 Å². The molecule has 0 amide bonds. The van der Waals surface area contributed by atoms with Crippen molar-refractivity contribution in [3.05, 3.63) is 19.4 Å². The first kappa shape index (κ1) is 14.8. The third kappa shape index (κ3) is 4.18. The molecular formula is C14H22INOS. The molecule has 0 saturated heterocycles. The van der Waals surface area contributed by atoms with Gasteiger partial charge < -0.3 is 10.4 Å². The predicted molar refractivity (Wildman–Crippen MR) is 86.3 cm³/mol. The van der Waals surface area contributed by atoms with Gasteiger partial charge in [-0.2, -0.15) is 0 Å². The zero-order valence-electron chi connectivity index (χ0n) is 10.8. The molecule has 0 radical (unpaired) electrons. The van der Waals surface area contributed by atoms with Gasteiger partial charge in [-0.3, -0.25) is 0 Å². The normalized spacial score (nSPS) is 18.9. The summed E-state index contributed by atoms with van der Waals surface area (Å²) >= 11 is 4.40. The summed E-state index contributed by atoms with van der Waals surface area (Å²) in [6.07, 6.45) is 8.46. The summed E-state index contributed by atoms with van der Waals surface area (Å²) < 4.78 is 1.43. The number of hydrogen-bond acceptors (Lipinski definition) is 3. The second-order valence-corrected chi connectivity index (χ2v) is 8.00. The molecule has 102 valence electrons.